The van der Waals surface area contributed by atoms with E-state index in [9.17, 15) is 13.2 Å². The molecule has 1 aromatic heterocycles. The largest absolute Gasteiger partial charge is 0.374 e. The monoisotopic (exact) mass is 342 g/mol. The van der Waals surface area contributed by atoms with Gasteiger partial charge >= 0.3 is 0 Å². The number of hydrogen-bond donors (Lipinski definition) is 1. The number of amides is 1. The van der Waals surface area contributed by atoms with E-state index in [0.29, 0.717) is 29.8 Å². The lowest BCUT2D eigenvalue weighted by Crippen LogP contribution is -2.31. The summed E-state index contributed by atoms with van der Waals surface area (Å²) in [6.07, 6.45) is 2.58. The summed E-state index contributed by atoms with van der Waals surface area (Å²) < 4.78 is 33.0. The Labute approximate surface area is 133 Å². The van der Waals surface area contributed by atoms with Crippen molar-refractivity contribution in [2.75, 3.05) is 20.1 Å². The SMILES string of the molecule is CNC(=O)c1cc(S(=O)(=O)N2C[C@@H]3[C@H](C2)[C@H]2CC[C@@H]3O2)cs1. The van der Waals surface area contributed by atoms with Gasteiger partial charge in [0, 0.05) is 37.4 Å². The first-order chi connectivity index (χ1) is 10.5. The van der Waals surface area contributed by atoms with Gasteiger partial charge in [-0.3, -0.25) is 4.79 Å². The number of sulfonamides is 1. The zero-order valence-electron chi connectivity index (χ0n) is 12.2. The normalized spacial score (nSPS) is 34.0. The minimum Gasteiger partial charge on any atom is -0.374 e. The minimum absolute atomic E-state index is 0.226. The predicted molar refractivity (Wildman–Crippen MR) is 81.3 cm³/mol. The average Bonchev–Trinajstić information content (AvgIpc) is 3.26. The molecule has 3 aliphatic rings. The lowest BCUT2D eigenvalue weighted by molar-refractivity contribution is 0.0779. The number of thiophene rings is 1. The van der Waals surface area contributed by atoms with Gasteiger partial charge in [0.05, 0.1) is 22.0 Å². The molecule has 1 aromatic rings. The Morgan fingerprint density at radius 1 is 1.32 bits per heavy atom. The lowest BCUT2D eigenvalue weighted by atomic mass is 9.82. The zero-order chi connectivity index (χ0) is 15.5. The molecule has 2 bridgehead atoms. The van der Waals surface area contributed by atoms with Crippen molar-refractivity contribution in [3.05, 3.63) is 16.3 Å². The summed E-state index contributed by atoms with van der Waals surface area (Å²) in [7, 11) is -1.98. The van der Waals surface area contributed by atoms with E-state index in [2.05, 4.69) is 5.32 Å². The highest BCUT2D eigenvalue weighted by atomic mass is 32.2. The third kappa shape index (κ3) is 2.05. The lowest BCUT2D eigenvalue weighted by Gasteiger charge is -2.18. The van der Waals surface area contributed by atoms with E-state index in [-0.39, 0.29) is 23.0 Å². The summed E-state index contributed by atoms with van der Waals surface area (Å²) in [5.74, 6) is 0.423. The molecule has 6 nitrogen and oxygen atoms in total. The molecule has 8 heteroatoms. The van der Waals surface area contributed by atoms with E-state index in [1.807, 2.05) is 0 Å². The van der Waals surface area contributed by atoms with Crippen LogP contribution in [0.15, 0.2) is 16.3 Å². The Bertz CT molecular complexity index is 696. The Hall–Kier alpha value is -0.960. The van der Waals surface area contributed by atoms with Crippen molar-refractivity contribution in [3.63, 3.8) is 0 Å². The molecule has 4 atom stereocenters. The van der Waals surface area contributed by atoms with Gasteiger partial charge in [0.1, 0.15) is 0 Å². The van der Waals surface area contributed by atoms with Gasteiger partial charge < -0.3 is 10.1 Å². The molecule has 3 fully saturated rings. The molecule has 0 aliphatic carbocycles. The third-order valence-corrected chi connectivity index (χ3v) is 7.97. The molecule has 4 heterocycles. The molecule has 22 heavy (non-hydrogen) atoms. The number of carbonyl (C=O) groups is 1. The quantitative estimate of drug-likeness (QED) is 0.886. The van der Waals surface area contributed by atoms with Crippen LogP contribution in [0.25, 0.3) is 0 Å². The first-order valence-electron chi connectivity index (χ1n) is 7.47. The van der Waals surface area contributed by atoms with Gasteiger partial charge in [-0.15, -0.1) is 11.3 Å². The van der Waals surface area contributed by atoms with Gasteiger partial charge in [-0.2, -0.15) is 4.31 Å². The second-order valence-electron chi connectivity index (χ2n) is 6.17. The maximum absolute atomic E-state index is 12.8. The maximum atomic E-state index is 12.8. The fraction of sp³-hybridized carbons (Fsp3) is 0.643. The van der Waals surface area contributed by atoms with Gasteiger partial charge in [-0.1, -0.05) is 0 Å². The van der Waals surface area contributed by atoms with Crippen molar-refractivity contribution >= 4 is 27.3 Å². The summed E-state index contributed by atoms with van der Waals surface area (Å²) in [5.41, 5.74) is 0. The Kier molecular flexibility index (Phi) is 3.34. The highest BCUT2D eigenvalue weighted by Crippen LogP contribution is 2.48. The van der Waals surface area contributed by atoms with Crippen LogP contribution in [0.2, 0.25) is 0 Å². The fourth-order valence-electron chi connectivity index (χ4n) is 3.96. The second-order valence-corrected chi connectivity index (χ2v) is 9.02. The van der Waals surface area contributed by atoms with E-state index in [4.69, 9.17) is 4.74 Å². The summed E-state index contributed by atoms with van der Waals surface area (Å²) in [5, 5.41) is 4.07. The molecule has 120 valence electrons. The van der Waals surface area contributed by atoms with Crippen LogP contribution in [0.3, 0.4) is 0 Å². The topological polar surface area (TPSA) is 75.7 Å². The van der Waals surface area contributed by atoms with E-state index in [1.165, 1.54) is 13.1 Å². The van der Waals surface area contributed by atoms with Crippen LogP contribution < -0.4 is 5.32 Å². The summed E-state index contributed by atoms with van der Waals surface area (Å²) in [6.45, 7) is 1.08. The number of ether oxygens (including phenoxy) is 1. The maximum Gasteiger partial charge on any atom is 0.261 e. The molecule has 4 rings (SSSR count). The van der Waals surface area contributed by atoms with Crippen molar-refractivity contribution in [1.29, 1.82) is 0 Å². The number of rotatable bonds is 3. The molecule has 0 saturated carbocycles. The first-order valence-corrected chi connectivity index (χ1v) is 9.79. The van der Waals surface area contributed by atoms with Crippen molar-refractivity contribution in [2.45, 2.75) is 29.9 Å². The molecule has 0 spiro atoms. The molecular weight excluding hydrogens is 324 g/mol. The predicted octanol–water partition coefficient (Wildman–Crippen LogP) is 0.906. The molecule has 1 N–H and O–H groups in total. The number of hydrogen-bond acceptors (Lipinski definition) is 5. The van der Waals surface area contributed by atoms with E-state index >= 15 is 0 Å². The standard InChI is InChI=1S/C14H18N2O4S2/c1-15-14(17)13-4-8(7-21-13)22(18,19)16-5-9-10(6-16)12-3-2-11(9)20-12/h4,7,9-12H,2-3,5-6H2,1H3,(H,15,17)/t9-,10+,11+,12-. The second kappa shape index (κ2) is 5.02. The number of fused-ring (bicyclic) bond motifs is 5. The molecule has 3 aliphatic heterocycles. The van der Waals surface area contributed by atoms with Crippen LogP contribution in [0, 0.1) is 11.8 Å². The van der Waals surface area contributed by atoms with Crippen molar-refractivity contribution in [2.24, 2.45) is 11.8 Å². The first kappa shape index (κ1) is 14.6. The summed E-state index contributed by atoms with van der Waals surface area (Å²) >= 11 is 1.16. The van der Waals surface area contributed by atoms with Crippen molar-refractivity contribution < 1.29 is 17.9 Å². The van der Waals surface area contributed by atoms with Gasteiger partial charge in [0.25, 0.3) is 5.91 Å². The van der Waals surface area contributed by atoms with Crippen molar-refractivity contribution in [3.8, 4) is 0 Å². The Morgan fingerprint density at radius 3 is 2.55 bits per heavy atom. The Balaban J connectivity index is 1.57. The van der Waals surface area contributed by atoms with Crippen LogP contribution >= 0.6 is 11.3 Å². The van der Waals surface area contributed by atoms with E-state index < -0.39 is 10.0 Å². The molecule has 0 aromatic carbocycles. The van der Waals surface area contributed by atoms with Gasteiger partial charge in [-0.05, 0) is 18.9 Å². The summed E-state index contributed by atoms with van der Waals surface area (Å²) in [6, 6.07) is 1.47. The number of nitrogens with zero attached hydrogens (tertiary/aromatic N) is 1. The fourth-order valence-corrected chi connectivity index (χ4v) is 6.69. The van der Waals surface area contributed by atoms with Gasteiger partial charge in [0.15, 0.2) is 0 Å². The Morgan fingerprint density at radius 2 is 1.95 bits per heavy atom. The summed E-state index contributed by atoms with van der Waals surface area (Å²) in [4.78, 5) is 12.2. The van der Waals surface area contributed by atoms with Crippen LogP contribution in [0.1, 0.15) is 22.5 Å². The molecule has 1 amide bonds. The van der Waals surface area contributed by atoms with E-state index in [0.717, 1.165) is 24.2 Å². The zero-order valence-corrected chi connectivity index (χ0v) is 13.8. The average molecular weight is 342 g/mol. The molecular formula is C14H18N2O4S2. The highest BCUT2D eigenvalue weighted by Gasteiger charge is 2.55. The van der Waals surface area contributed by atoms with Crippen LogP contribution in [-0.4, -0.2) is 51.0 Å². The molecule has 0 radical (unpaired) electrons. The number of nitrogens with one attached hydrogen (secondary N) is 1. The minimum atomic E-state index is -3.51. The molecule has 0 unspecified atom stereocenters. The van der Waals surface area contributed by atoms with E-state index in [1.54, 1.807) is 9.69 Å². The highest BCUT2D eigenvalue weighted by molar-refractivity contribution is 7.89. The number of carbonyl (C=O) groups excluding carboxylic acids is 1. The van der Waals surface area contributed by atoms with Crippen LogP contribution in [0.5, 0.6) is 0 Å². The smallest absolute Gasteiger partial charge is 0.261 e. The van der Waals surface area contributed by atoms with Gasteiger partial charge in [0.2, 0.25) is 10.0 Å². The molecule has 3 saturated heterocycles. The van der Waals surface area contributed by atoms with Crippen molar-refractivity contribution in [1.82, 2.24) is 9.62 Å². The third-order valence-electron chi connectivity index (χ3n) is 5.08. The van der Waals surface area contributed by atoms with Crippen LogP contribution in [0.4, 0.5) is 0 Å². The van der Waals surface area contributed by atoms with Gasteiger partial charge in [-0.25, -0.2) is 8.42 Å². The van der Waals surface area contributed by atoms with Crippen LogP contribution in [-0.2, 0) is 14.8 Å².